The summed E-state index contributed by atoms with van der Waals surface area (Å²) in [5.41, 5.74) is 3.82. The molecule has 5 rings (SSSR count). The second-order valence-electron chi connectivity index (χ2n) is 9.80. The fourth-order valence-electron chi connectivity index (χ4n) is 5.41. The molecule has 8 heteroatoms. The number of aromatic nitrogens is 1. The van der Waals surface area contributed by atoms with Crippen LogP contribution < -0.4 is 10.1 Å². The molecular weight excluding hydrogens is 521 g/mol. The third kappa shape index (κ3) is 5.15. The molecule has 0 bridgehead atoms. The Bertz CT molecular complexity index is 1450. The molecule has 0 unspecified atom stereocenters. The Morgan fingerprint density at radius 2 is 1.87 bits per heavy atom. The summed E-state index contributed by atoms with van der Waals surface area (Å²) in [4.78, 5) is 20.7. The number of fused-ring (bicyclic) bond motifs is 1. The van der Waals surface area contributed by atoms with Crippen molar-refractivity contribution in [3.8, 4) is 16.9 Å². The predicted octanol–water partition coefficient (Wildman–Crippen LogP) is 7.25. The molecule has 1 fully saturated rings. The van der Waals surface area contributed by atoms with Gasteiger partial charge in [-0.2, -0.15) is 0 Å². The van der Waals surface area contributed by atoms with Crippen molar-refractivity contribution in [3.63, 3.8) is 0 Å². The molecule has 1 saturated carbocycles. The fraction of sp³-hybridized carbons (Fsp3) is 0.333. The maximum absolute atomic E-state index is 14.7. The minimum absolute atomic E-state index is 0.0358. The number of methoxy groups -OCH3 is 1. The summed E-state index contributed by atoms with van der Waals surface area (Å²) in [5, 5.41) is 4.32. The number of amides is 1. The molecule has 1 aliphatic carbocycles. The quantitative estimate of drug-likeness (QED) is 0.263. The number of thiophene rings is 1. The number of ether oxygens (including phenoxy) is 1. The third-order valence-corrected chi connectivity index (χ3v) is 9.25. The molecule has 0 spiro atoms. The first kappa shape index (κ1) is 26.6. The number of hydrogen-bond donors (Lipinski definition) is 1. The minimum atomic E-state index is -0.357. The van der Waals surface area contributed by atoms with Gasteiger partial charge in [0.15, 0.2) is 0 Å². The van der Waals surface area contributed by atoms with Crippen LogP contribution in [-0.4, -0.2) is 42.0 Å². The van der Waals surface area contributed by atoms with Crippen LogP contribution in [0.4, 0.5) is 4.39 Å². The molecule has 1 amide bonds. The third-order valence-electron chi connectivity index (χ3n) is 7.58. The maximum Gasteiger partial charge on any atom is 0.266 e. The topological polar surface area (TPSA) is 54.5 Å². The van der Waals surface area contributed by atoms with Gasteiger partial charge in [-0.15, -0.1) is 11.3 Å². The second-order valence-corrected chi connectivity index (χ2v) is 11.2. The Morgan fingerprint density at radius 3 is 2.53 bits per heavy atom. The minimum Gasteiger partial charge on any atom is -0.496 e. The van der Waals surface area contributed by atoms with Crippen LogP contribution in [0.15, 0.2) is 54.9 Å². The standard InChI is InChI=1S/C30H31ClFN3O2S/c1-18-4-10-24(32)28-26(18)27(31)29(38-28)30(36)35(23-8-6-22(33-2)7-9-23)17-21-16-20(5-11-25(21)37-3)19-12-14-34-15-13-19/h4-5,10-16,22-23,33H,6-9,17H2,1-3H3/t22-,23-. The number of hydrogen-bond acceptors (Lipinski definition) is 5. The largest absolute Gasteiger partial charge is 0.496 e. The molecule has 38 heavy (non-hydrogen) atoms. The lowest BCUT2D eigenvalue weighted by molar-refractivity contribution is 0.0604. The summed E-state index contributed by atoms with van der Waals surface area (Å²) in [7, 11) is 3.63. The molecular formula is C30H31ClFN3O2S. The Kier molecular flexibility index (Phi) is 7.98. The molecule has 1 aliphatic rings. The smallest absolute Gasteiger partial charge is 0.266 e. The molecule has 198 valence electrons. The first-order valence-electron chi connectivity index (χ1n) is 12.8. The van der Waals surface area contributed by atoms with Gasteiger partial charge in [0.25, 0.3) is 5.91 Å². The van der Waals surface area contributed by atoms with E-state index in [1.807, 2.05) is 43.1 Å². The first-order chi connectivity index (χ1) is 18.4. The summed E-state index contributed by atoms with van der Waals surface area (Å²) in [6.07, 6.45) is 7.23. The van der Waals surface area contributed by atoms with E-state index in [4.69, 9.17) is 16.3 Å². The Balaban J connectivity index is 1.56. The van der Waals surface area contributed by atoms with Gasteiger partial charge in [0.1, 0.15) is 16.4 Å². The molecule has 5 nitrogen and oxygen atoms in total. The van der Waals surface area contributed by atoms with Gasteiger partial charge in [0.2, 0.25) is 0 Å². The Labute approximate surface area is 231 Å². The van der Waals surface area contributed by atoms with Gasteiger partial charge in [0, 0.05) is 42.0 Å². The molecule has 0 saturated heterocycles. The molecule has 0 radical (unpaired) electrons. The monoisotopic (exact) mass is 551 g/mol. The van der Waals surface area contributed by atoms with E-state index in [1.54, 1.807) is 25.6 Å². The van der Waals surface area contributed by atoms with Crippen LogP contribution in [0.1, 0.15) is 46.5 Å². The zero-order chi connectivity index (χ0) is 26.8. The van der Waals surface area contributed by atoms with Gasteiger partial charge < -0.3 is 15.0 Å². The molecule has 1 N–H and O–H groups in total. The van der Waals surface area contributed by atoms with Crippen molar-refractivity contribution in [3.05, 3.63) is 81.7 Å². The van der Waals surface area contributed by atoms with Crippen LogP contribution in [0, 0.1) is 12.7 Å². The van der Waals surface area contributed by atoms with Crippen molar-refractivity contribution in [2.45, 2.75) is 51.2 Å². The van der Waals surface area contributed by atoms with Crippen molar-refractivity contribution in [1.82, 2.24) is 15.2 Å². The van der Waals surface area contributed by atoms with Gasteiger partial charge in [0.05, 0.1) is 16.8 Å². The lowest BCUT2D eigenvalue weighted by atomic mass is 9.89. The van der Waals surface area contributed by atoms with E-state index in [2.05, 4.69) is 16.4 Å². The number of carbonyl (C=O) groups is 1. The zero-order valence-corrected chi connectivity index (χ0v) is 23.3. The van der Waals surface area contributed by atoms with E-state index >= 15 is 0 Å². The molecule has 0 aliphatic heterocycles. The Hall–Kier alpha value is -3.00. The van der Waals surface area contributed by atoms with Crippen LogP contribution in [-0.2, 0) is 6.54 Å². The van der Waals surface area contributed by atoms with Gasteiger partial charge in [-0.3, -0.25) is 9.78 Å². The van der Waals surface area contributed by atoms with E-state index in [0.717, 1.165) is 59.3 Å². The highest BCUT2D eigenvalue weighted by Crippen LogP contribution is 2.41. The van der Waals surface area contributed by atoms with Gasteiger partial charge in [-0.1, -0.05) is 23.7 Å². The number of pyridine rings is 1. The number of nitrogens with zero attached hydrogens (tertiary/aromatic N) is 2. The van der Waals surface area contributed by atoms with Crippen LogP contribution in [0.5, 0.6) is 5.75 Å². The number of benzene rings is 2. The molecule has 0 atom stereocenters. The van der Waals surface area contributed by atoms with E-state index in [0.29, 0.717) is 38.3 Å². The van der Waals surface area contributed by atoms with Crippen molar-refractivity contribution < 1.29 is 13.9 Å². The van der Waals surface area contributed by atoms with Crippen LogP contribution in [0.3, 0.4) is 0 Å². The van der Waals surface area contributed by atoms with Crippen LogP contribution in [0.2, 0.25) is 5.02 Å². The van der Waals surface area contributed by atoms with Crippen LogP contribution in [0.25, 0.3) is 21.2 Å². The summed E-state index contributed by atoms with van der Waals surface area (Å²) in [5.74, 6) is 0.192. The highest BCUT2D eigenvalue weighted by molar-refractivity contribution is 7.21. The van der Waals surface area contributed by atoms with Gasteiger partial charge >= 0.3 is 0 Å². The average Bonchev–Trinajstić information content (AvgIpc) is 3.32. The molecule has 2 aromatic heterocycles. The number of nitrogens with one attached hydrogen (secondary N) is 1. The second kappa shape index (κ2) is 11.4. The average molecular weight is 552 g/mol. The van der Waals surface area contributed by atoms with E-state index in [-0.39, 0.29) is 17.8 Å². The van der Waals surface area contributed by atoms with Crippen molar-refractivity contribution in [2.75, 3.05) is 14.2 Å². The summed E-state index contributed by atoms with van der Waals surface area (Å²) in [6.45, 7) is 2.25. The van der Waals surface area contributed by atoms with Crippen molar-refractivity contribution in [2.24, 2.45) is 0 Å². The highest BCUT2D eigenvalue weighted by atomic mass is 35.5. The SMILES string of the molecule is CN[C@H]1CC[C@H](N(Cc2cc(-c3ccncc3)ccc2OC)C(=O)c2sc3c(F)ccc(C)c3c2Cl)CC1. The van der Waals surface area contributed by atoms with Crippen molar-refractivity contribution in [1.29, 1.82) is 0 Å². The number of rotatable bonds is 7. The lowest BCUT2D eigenvalue weighted by Crippen LogP contribution is -2.44. The van der Waals surface area contributed by atoms with Crippen LogP contribution >= 0.6 is 22.9 Å². The number of halogens is 2. The summed E-state index contributed by atoms with van der Waals surface area (Å²) < 4.78 is 20.9. The zero-order valence-electron chi connectivity index (χ0n) is 21.8. The number of aryl methyl sites for hydroxylation is 1. The first-order valence-corrected chi connectivity index (χ1v) is 14.0. The molecule has 4 aromatic rings. The normalized spacial score (nSPS) is 17.5. The van der Waals surface area contributed by atoms with E-state index in [1.165, 1.54) is 6.07 Å². The number of carbonyl (C=O) groups excluding carboxylic acids is 1. The lowest BCUT2D eigenvalue weighted by Gasteiger charge is -2.37. The maximum atomic E-state index is 14.7. The highest BCUT2D eigenvalue weighted by Gasteiger charge is 2.32. The molecule has 2 heterocycles. The fourth-order valence-corrected chi connectivity index (χ4v) is 7.04. The van der Waals surface area contributed by atoms with E-state index in [9.17, 15) is 9.18 Å². The van der Waals surface area contributed by atoms with Crippen molar-refractivity contribution >= 4 is 38.9 Å². The predicted molar refractivity (Wildman–Crippen MR) is 153 cm³/mol. The Morgan fingerprint density at radius 1 is 1.13 bits per heavy atom. The van der Waals surface area contributed by atoms with Gasteiger partial charge in [-0.25, -0.2) is 4.39 Å². The summed E-state index contributed by atoms with van der Waals surface area (Å²) in [6, 6.07) is 13.6. The molecule has 2 aromatic carbocycles. The summed E-state index contributed by atoms with van der Waals surface area (Å²) >= 11 is 7.92. The van der Waals surface area contributed by atoms with E-state index < -0.39 is 0 Å². The van der Waals surface area contributed by atoms with Gasteiger partial charge in [-0.05, 0) is 86.7 Å².